The Bertz CT molecular complexity index is 223. The molecule has 0 aromatic heterocycles. The summed E-state index contributed by atoms with van der Waals surface area (Å²) in [6.45, 7) is 1.99. The molecule has 1 atom stereocenters. The Morgan fingerprint density at radius 1 is 1.50 bits per heavy atom. The summed E-state index contributed by atoms with van der Waals surface area (Å²) in [6, 6.07) is -0.347. The third kappa shape index (κ3) is 3.01. The van der Waals surface area contributed by atoms with Gasteiger partial charge in [-0.15, -0.1) is 0 Å². The van der Waals surface area contributed by atoms with E-state index in [4.69, 9.17) is 0 Å². The fourth-order valence-electron chi connectivity index (χ4n) is 1.43. The molecule has 14 heavy (non-hydrogen) atoms. The number of nitrogens with one attached hydrogen (secondary N) is 1. The maximum atomic E-state index is 11.7. The summed E-state index contributed by atoms with van der Waals surface area (Å²) >= 11 is 0. The van der Waals surface area contributed by atoms with Crippen LogP contribution in [0, 0.1) is 5.92 Å². The topological polar surface area (TPSA) is 55.4 Å². The molecule has 1 unspecified atom stereocenters. The van der Waals surface area contributed by atoms with Gasteiger partial charge in [0, 0.05) is 5.92 Å². The largest absolute Gasteiger partial charge is 0.453 e. The predicted molar refractivity (Wildman–Crippen MR) is 52.0 cm³/mol. The van der Waals surface area contributed by atoms with Gasteiger partial charge in [-0.1, -0.05) is 13.3 Å². The molecule has 1 rings (SSSR count). The molecule has 0 radical (unpaired) electrons. The molecule has 0 aliphatic heterocycles. The lowest BCUT2D eigenvalue weighted by Crippen LogP contribution is -2.41. The molecule has 0 saturated heterocycles. The van der Waals surface area contributed by atoms with Crippen LogP contribution in [0.25, 0.3) is 0 Å². The van der Waals surface area contributed by atoms with Crippen LogP contribution in [-0.4, -0.2) is 25.0 Å². The molecule has 1 aliphatic rings. The maximum Gasteiger partial charge on any atom is 0.407 e. The Morgan fingerprint density at radius 2 is 2.14 bits per heavy atom. The van der Waals surface area contributed by atoms with E-state index in [1.807, 2.05) is 6.92 Å². The van der Waals surface area contributed by atoms with E-state index in [1.165, 1.54) is 7.11 Å². The van der Waals surface area contributed by atoms with Crippen LogP contribution in [0.15, 0.2) is 0 Å². The van der Waals surface area contributed by atoms with Crippen molar-refractivity contribution < 1.29 is 14.3 Å². The van der Waals surface area contributed by atoms with Crippen molar-refractivity contribution in [2.24, 2.45) is 5.92 Å². The zero-order chi connectivity index (χ0) is 10.6. The maximum absolute atomic E-state index is 11.7. The van der Waals surface area contributed by atoms with Crippen LogP contribution in [0.5, 0.6) is 0 Å². The first-order valence-corrected chi connectivity index (χ1v) is 5.07. The minimum absolute atomic E-state index is 0.164. The van der Waals surface area contributed by atoms with Gasteiger partial charge >= 0.3 is 6.09 Å². The minimum atomic E-state index is -0.516. The van der Waals surface area contributed by atoms with Crippen molar-refractivity contribution in [3.63, 3.8) is 0 Å². The van der Waals surface area contributed by atoms with Gasteiger partial charge in [0.2, 0.25) is 0 Å². The van der Waals surface area contributed by atoms with Crippen molar-refractivity contribution in [1.82, 2.24) is 5.32 Å². The summed E-state index contributed by atoms with van der Waals surface area (Å²) in [5.41, 5.74) is 0. The fourth-order valence-corrected chi connectivity index (χ4v) is 1.43. The number of carbonyl (C=O) groups is 2. The number of ether oxygens (including phenoxy) is 1. The van der Waals surface area contributed by atoms with Crippen molar-refractivity contribution in [3.05, 3.63) is 0 Å². The average molecular weight is 199 g/mol. The Balaban J connectivity index is 2.44. The smallest absolute Gasteiger partial charge is 0.407 e. The summed E-state index contributed by atoms with van der Waals surface area (Å²) in [7, 11) is 1.31. The van der Waals surface area contributed by atoms with Gasteiger partial charge in [-0.25, -0.2) is 4.79 Å². The monoisotopic (exact) mass is 199 g/mol. The van der Waals surface area contributed by atoms with E-state index < -0.39 is 6.09 Å². The minimum Gasteiger partial charge on any atom is -0.453 e. The predicted octanol–water partition coefficient (Wildman–Crippen LogP) is 1.49. The van der Waals surface area contributed by atoms with E-state index in [2.05, 4.69) is 10.1 Å². The summed E-state index contributed by atoms with van der Waals surface area (Å²) in [6.07, 6.45) is 3.01. The molecule has 1 fully saturated rings. The standard InChI is InChI=1S/C10H17NO3/c1-3-4-8(11-10(13)14-2)9(12)7-5-6-7/h7-8H,3-6H2,1-2H3,(H,11,13). The Morgan fingerprint density at radius 3 is 2.57 bits per heavy atom. The van der Waals surface area contributed by atoms with Crippen LogP contribution in [0.3, 0.4) is 0 Å². The first-order valence-electron chi connectivity index (χ1n) is 5.07. The van der Waals surface area contributed by atoms with Crippen molar-refractivity contribution in [2.75, 3.05) is 7.11 Å². The molecule has 1 saturated carbocycles. The Kier molecular flexibility index (Phi) is 3.92. The average Bonchev–Trinajstić information content (AvgIpc) is 2.99. The molecule has 0 bridgehead atoms. The number of amides is 1. The van der Waals surface area contributed by atoms with Crippen LogP contribution in [0.4, 0.5) is 4.79 Å². The number of rotatable bonds is 5. The number of carbonyl (C=O) groups excluding carboxylic acids is 2. The molecule has 0 spiro atoms. The third-order valence-corrected chi connectivity index (χ3v) is 2.38. The van der Waals surface area contributed by atoms with Gasteiger partial charge in [-0.3, -0.25) is 4.79 Å². The summed E-state index contributed by atoms with van der Waals surface area (Å²) < 4.78 is 4.48. The summed E-state index contributed by atoms with van der Waals surface area (Å²) in [4.78, 5) is 22.6. The Hall–Kier alpha value is -1.06. The Labute approximate surface area is 84.0 Å². The molecule has 0 aromatic carbocycles. The van der Waals surface area contributed by atoms with E-state index in [0.717, 1.165) is 19.3 Å². The summed E-state index contributed by atoms with van der Waals surface area (Å²) in [5, 5.41) is 2.58. The van der Waals surface area contributed by atoms with E-state index in [-0.39, 0.29) is 17.7 Å². The number of ketones is 1. The van der Waals surface area contributed by atoms with Crippen LogP contribution in [0.2, 0.25) is 0 Å². The van der Waals surface area contributed by atoms with Gasteiger partial charge in [0.05, 0.1) is 13.2 Å². The second-order valence-electron chi connectivity index (χ2n) is 3.65. The van der Waals surface area contributed by atoms with Crippen molar-refractivity contribution in [3.8, 4) is 0 Å². The van der Waals surface area contributed by atoms with Gasteiger partial charge in [0.15, 0.2) is 5.78 Å². The van der Waals surface area contributed by atoms with Crippen LogP contribution >= 0.6 is 0 Å². The normalized spacial score (nSPS) is 17.3. The highest BCUT2D eigenvalue weighted by molar-refractivity contribution is 5.90. The van der Waals surface area contributed by atoms with E-state index >= 15 is 0 Å². The number of methoxy groups -OCH3 is 1. The third-order valence-electron chi connectivity index (χ3n) is 2.38. The number of alkyl carbamates (subject to hydrolysis) is 1. The second kappa shape index (κ2) is 4.98. The quantitative estimate of drug-likeness (QED) is 0.729. The molecule has 4 heteroatoms. The molecule has 1 aliphatic carbocycles. The van der Waals surface area contributed by atoms with Crippen LogP contribution in [0.1, 0.15) is 32.6 Å². The van der Waals surface area contributed by atoms with Crippen molar-refractivity contribution >= 4 is 11.9 Å². The van der Waals surface area contributed by atoms with E-state index in [0.29, 0.717) is 6.42 Å². The lowest BCUT2D eigenvalue weighted by atomic mass is 10.0. The highest BCUT2D eigenvalue weighted by Gasteiger charge is 2.35. The molecular formula is C10H17NO3. The fraction of sp³-hybridized carbons (Fsp3) is 0.800. The number of Topliss-reactive ketones (excluding diaryl/α,β-unsaturated/α-hetero) is 1. The number of hydrogen-bond acceptors (Lipinski definition) is 3. The first-order chi connectivity index (χ1) is 6.69. The highest BCUT2D eigenvalue weighted by atomic mass is 16.5. The lowest BCUT2D eigenvalue weighted by molar-refractivity contribution is -0.122. The molecule has 0 heterocycles. The second-order valence-corrected chi connectivity index (χ2v) is 3.65. The lowest BCUT2D eigenvalue weighted by Gasteiger charge is -2.15. The number of hydrogen-bond donors (Lipinski definition) is 1. The molecule has 1 amide bonds. The SMILES string of the molecule is CCCC(NC(=O)OC)C(=O)C1CC1. The van der Waals surface area contributed by atoms with Gasteiger partial charge in [0.25, 0.3) is 0 Å². The van der Waals surface area contributed by atoms with Crippen LogP contribution in [-0.2, 0) is 9.53 Å². The first kappa shape index (κ1) is 11.0. The van der Waals surface area contributed by atoms with Gasteiger partial charge in [-0.05, 0) is 19.3 Å². The van der Waals surface area contributed by atoms with Crippen molar-refractivity contribution in [1.29, 1.82) is 0 Å². The molecule has 1 N–H and O–H groups in total. The van der Waals surface area contributed by atoms with E-state index in [1.54, 1.807) is 0 Å². The van der Waals surface area contributed by atoms with Gasteiger partial charge < -0.3 is 10.1 Å². The van der Waals surface area contributed by atoms with E-state index in [9.17, 15) is 9.59 Å². The van der Waals surface area contributed by atoms with Gasteiger partial charge in [0.1, 0.15) is 0 Å². The van der Waals surface area contributed by atoms with Crippen LogP contribution < -0.4 is 5.32 Å². The molecule has 4 nitrogen and oxygen atoms in total. The van der Waals surface area contributed by atoms with Crippen molar-refractivity contribution in [2.45, 2.75) is 38.6 Å². The summed E-state index contributed by atoms with van der Waals surface area (Å²) in [5.74, 6) is 0.348. The zero-order valence-corrected chi connectivity index (χ0v) is 8.71. The molecular weight excluding hydrogens is 182 g/mol. The zero-order valence-electron chi connectivity index (χ0n) is 8.71. The molecule has 80 valence electrons. The highest BCUT2D eigenvalue weighted by Crippen LogP contribution is 2.31. The molecule has 0 aromatic rings. The van der Waals surface area contributed by atoms with Gasteiger partial charge in [-0.2, -0.15) is 0 Å².